The molecule has 1 aromatic carbocycles. The molecule has 2 aromatic rings. The van der Waals surface area contributed by atoms with Gasteiger partial charge in [-0.1, -0.05) is 15.9 Å². The first-order valence-electron chi connectivity index (χ1n) is 5.28. The molecule has 0 atom stereocenters. The first-order chi connectivity index (χ1) is 9.47. The van der Waals surface area contributed by atoms with Gasteiger partial charge < -0.3 is 9.84 Å². The summed E-state index contributed by atoms with van der Waals surface area (Å²) in [6, 6.07) is 6.76. The van der Waals surface area contributed by atoms with Crippen molar-refractivity contribution >= 4 is 27.6 Å². The summed E-state index contributed by atoms with van der Waals surface area (Å²) in [4.78, 5) is 25.0. The second kappa shape index (κ2) is 5.66. The number of pyridine rings is 1. The van der Waals surface area contributed by atoms with Crippen LogP contribution in [0.1, 0.15) is 10.4 Å². The van der Waals surface area contributed by atoms with Gasteiger partial charge in [0.25, 0.3) is 5.69 Å². The topological polar surface area (TPSA) is 103 Å². The molecule has 2 rings (SSSR count). The Labute approximate surface area is 121 Å². The molecule has 1 N–H and O–H groups in total. The molecule has 0 spiro atoms. The molecule has 20 heavy (non-hydrogen) atoms. The highest BCUT2D eigenvalue weighted by Gasteiger charge is 2.15. The zero-order valence-corrected chi connectivity index (χ0v) is 11.4. The minimum atomic E-state index is -1.20. The molecule has 0 saturated heterocycles. The zero-order valence-electron chi connectivity index (χ0n) is 9.82. The van der Waals surface area contributed by atoms with Crippen LogP contribution in [0.15, 0.2) is 41.0 Å². The van der Waals surface area contributed by atoms with Gasteiger partial charge in [0, 0.05) is 16.7 Å². The summed E-state index contributed by atoms with van der Waals surface area (Å²) in [7, 11) is 0. The lowest BCUT2D eigenvalue weighted by atomic mass is 10.2. The van der Waals surface area contributed by atoms with E-state index in [0.717, 1.165) is 0 Å². The van der Waals surface area contributed by atoms with E-state index in [4.69, 9.17) is 9.84 Å². The second-order valence-electron chi connectivity index (χ2n) is 3.67. The van der Waals surface area contributed by atoms with Gasteiger partial charge in [-0.3, -0.25) is 10.1 Å². The maximum absolute atomic E-state index is 11.0. The average molecular weight is 339 g/mol. The lowest BCUT2D eigenvalue weighted by Crippen LogP contribution is -2.01. The lowest BCUT2D eigenvalue weighted by molar-refractivity contribution is -0.385. The van der Waals surface area contributed by atoms with Crippen molar-refractivity contribution in [1.29, 1.82) is 0 Å². The van der Waals surface area contributed by atoms with Crippen molar-refractivity contribution in [2.75, 3.05) is 0 Å². The van der Waals surface area contributed by atoms with E-state index in [1.165, 1.54) is 36.5 Å². The van der Waals surface area contributed by atoms with Crippen LogP contribution in [0.4, 0.5) is 5.69 Å². The maximum Gasteiger partial charge on any atom is 0.341 e. The monoisotopic (exact) mass is 338 g/mol. The van der Waals surface area contributed by atoms with Gasteiger partial charge >= 0.3 is 5.97 Å². The van der Waals surface area contributed by atoms with Gasteiger partial charge in [-0.15, -0.1) is 0 Å². The van der Waals surface area contributed by atoms with Gasteiger partial charge in [0.05, 0.1) is 11.0 Å². The molecule has 0 fully saturated rings. The molecule has 7 nitrogen and oxygen atoms in total. The standard InChI is InChI=1S/C12H7BrN2O5/c13-7-4-8(15(18)19)6-9(5-7)20-11-10(12(16)17)2-1-3-14-11/h1-6H,(H,16,17). The van der Waals surface area contributed by atoms with Crippen molar-refractivity contribution in [3.05, 3.63) is 56.7 Å². The number of hydrogen-bond acceptors (Lipinski definition) is 5. The highest BCUT2D eigenvalue weighted by atomic mass is 79.9. The predicted octanol–water partition coefficient (Wildman–Crippen LogP) is 3.24. The molecule has 0 aliphatic rings. The van der Waals surface area contributed by atoms with Crippen LogP contribution in [0.25, 0.3) is 0 Å². The van der Waals surface area contributed by atoms with Crippen LogP contribution >= 0.6 is 15.9 Å². The number of non-ortho nitro benzene ring substituents is 1. The number of rotatable bonds is 4. The third kappa shape index (κ3) is 3.09. The summed E-state index contributed by atoms with van der Waals surface area (Å²) in [5.74, 6) is -1.21. The molecule has 0 unspecified atom stereocenters. The fourth-order valence-corrected chi connectivity index (χ4v) is 1.92. The Balaban J connectivity index is 2.40. The molecule has 1 aromatic heterocycles. The number of nitro benzene ring substituents is 1. The Bertz CT molecular complexity index is 689. The number of carboxylic acids is 1. The van der Waals surface area contributed by atoms with Gasteiger partial charge in [0.15, 0.2) is 0 Å². The molecule has 0 bridgehead atoms. The van der Waals surface area contributed by atoms with Crippen LogP contribution in [0.2, 0.25) is 0 Å². The van der Waals surface area contributed by atoms with Crippen LogP contribution in [0, 0.1) is 10.1 Å². The van der Waals surface area contributed by atoms with Crippen LogP contribution in [-0.2, 0) is 0 Å². The third-order valence-corrected chi connectivity index (χ3v) is 2.74. The normalized spacial score (nSPS) is 10.1. The summed E-state index contributed by atoms with van der Waals surface area (Å²) < 4.78 is 5.76. The third-order valence-electron chi connectivity index (χ3n) is 2.28. The fourth-order valence-electron chi connectivity index (χ4n) is 1.46. The van der Waals surface area contributed by atoms with Gasteiger partial charge in [-0.25, -0.2) is 9.78 Å². The summed E-state index contributed by atoms with van der Waals surface area (Å²) >= 11 is 3.12. The number of ether oxygens (including phenoxy) is 1. The number of benzene rings is 1. The molecular formula is C12H7BrN2O5. The fraction of sp³-hybridized carbons (Fsp3) is 0. The Kier molecular flexibility index (Phi) is 3.94. The van der Waals surface area contributed by atoms with Crippen LogP contribution in [0.3, 0.4) is 0 Å². The molecule has 1 heterocycles. The van der Waals surface area contributed by atoms with Crippen molar-refractivity contribution in [2.24, 2.45) is 0 Å². The van der Waals surface area contributed by atoms with E-state index < -0.39 is 10.9 Å². The van der Waals surface area contributed by atoms with E-state index in [0.29, 0.717) is 4.47 Å². The Morgan fingerprint density at radius 1 is 1.40 bits per heavy atom. The Morgan fingerprint density at radius 2 is 2.15 bits per heavy atom. The van der Waals surface area contributed by atoms with Crippen molar-refractivity contribution < 1.29 is 19.6 Å². The summed E-state index contributed by atoms with van der Waals surface area (Å²) in [6.07, 6.45) is 1.37. The zero-order chi connectivity index (χ0) is 14.7. The second-order valence-corrected chi connectivity index (χ2v) is 4.58. The summed E-state index contributed by atoms with van der Waals surface area (Å²) in [5.41, 5.74) is -0.308. The smallest absolute Gasteiger partial charge is 0.341 e. The van der Waals surface area contributed by atoms with Crippen molar-refractivity contribution in [3.8, 4) is 11.6 Å². The number of nitro groups is 1. The van der Waals surface area contributed by atoms with Crippen LogP contribution in [-0.4, -0.2) is 21.0 Å². The van der Waals surface area contributed by atoms with Gasteiger partial charge in [0.2, 0.25) is 5.88 Å². The maximum atomic E-state index is 11.0. The quantitative estimate of drug-likeness (QED) is 0.678. The van der Waals surface area contributed by atoms with E-state index in [1.807, 2.05) is 0 Å². The first kappa shape index (κ1) is 13.9. The van der Waals surface area contributed by atoms with Crippen molar-refractivity contribution in [2.45, 2.75) is 0 Å². The van der Waals surface area contributed by atoms with Crippen LogP contribution in [0.5, 0.6) is 11.6 Å². The number of carbonyl (C=O) groups is 1. The molecule has 0 saturated carbocycles. The number of aromatic nitrogens is 1. The molecule has 0 radical (unpaired) electrons. The Hall–Kier alpha value is -2.48. The van der Waals surface area contributed by atoms with E-state index >= 15 is 0 Å². The number of hydrogen-bond donors (Lipinski definition) is 1. The lowest BCUT2D eigenvalue weighted by Gasteiger charge is -2.07. The van der Waals surface area contributed by atoms with E-state index in [9.17, 15) is 14.9 Å². The molecule has 0 aliphatic heterocycles. The number of halogens is 1. The molecule has 0 aliphatic carbocycles. The van der Waals surface area contributed by atoms with Crippen molar-refractivity contribution in [1.82, 2.24) is 4.98 Å². The largest absolute Gasteiger partial charge is 0.477 e. The van der Waals surface area contributed by atoms with Crippen LogP contribution < -0.4 is 4.74 Å². The highest BCUT2D eigenvalue weighted by Crippen LogP contribution is 2.30. The number of nitrogens with zero attached hydrogens (tertiary/aromatic N) is 2. The predicted molar refractivity (Wildman–Crippen MR) is 72.1 cm³/mol. The molecule has 0 amide bonds. The van der Waals surface area contributed by atoms with E-state index in [2.05, 4.69) is 20.9 Å². The average Bonchev–Trinajstić information content (AvgIpc) is 2.38. The number of carboxylic acid groups (broad SMARTS) is 1. The Morgan fingerprint density at radius 3 is 2.80 bits per heavy atom. The number of aromatic carboxylic acids is 1. The summed E-state index contributed by atoms with van der Waals surface area (Å²) in [5, 5.41) is 19.8. The first-order valence-corrected chi connectivity index (χ1v) is 6.08. The van der Waals surface area contributed by atoms with E-state index in [1.54, 1.807) is 0 Å². The molecular weight excluding hydrogens is 332 g/mol. The molecule has 8 heteroatoms. The van der Waals surface area contributed by atoms with E-state index in [-0.39, 0.29) is 22.9 Å². The minimum absolute atomic E-state index is 0.118. The van der Waals surface area contributed by atoms with Gasteiger partial charge in [-0.05, 0) is 18.2 Å². The molecule has 102 valence electrons. The van der Waals surface area contributed by atoms with Gasteiger partial charge in [-0.2, -0.15) is 0 Å². The summed E-state index contributed by atoms with van der Waals surface area (Å²) in [6.45, 7) is 0. The minimum Gasteiger partial charge on any atom is -0.477 e. The SMILES string of the molecule is O=C(O)c1cccnc1Oc1cc(Br)cc([N+](=O)[O-])c1. The highest BCUT2D eigenvalue weighted by molar-refractivity contribution is 9.10. The van der Waals surface area contributed by atoms with Gasteiger partial charge in [0.1, 0.15) is 11.3 Å². The van der Waals surface area contributed by atoms with Crippen molar-refractivity contribution in [3.63, 3.8) is 0 Å².